The summed E-state index contributed by atoms with van der Waals surface area (Å²) in [5.74, 6) is -0.640. The van der Waals surface area contributed by atoms with Crippen LogP contribution in [0, 0.1) is 6.92 Å². The minimum absolute atomic E-state index is 0.165. The van der Waals surface area contributed by atoms with E-state index in [9.17, 15) is 9.59 Å². The number of hydrogen-bond donors (Lipinski definition) is 1. The van der Waals surface area contributed by atoms with Gasteiger partial charge in [-0.2, -0.15) is 0 Å². The molecule has 0 radical (unpaired) electrons. The number of rotatable bonds is 4. The number of carbonyl (C=O) groups excluding carboxylic acids is 1. The summed E-state index contributed by atoms with van der Waals surface area (Å²) in [6.07, 6.45) is 0.165. The van der Waals surface area contributed by atoms with Crippen LogP contribution < -0.4 is 11.1 Å². The lowest BCUT2D eigenvalue weighted by atomic mass is 10.2. The number of oxazole rings is 1. The van der Waals surface area contributed by atoms with Crippen LogP contribution in [0.3, 0.4) is 0 Å². The SMILES string of the molecule is Cc1cccc2sc(NC(=O)CCn3c(=O)oc4ccccc43)nc12. The fourth-order valence-corrected chi connectivity index (χ4v) is 3.72. The molecule has 0 aliphatic rings. The lowest BCUT2D eigenvalue weighted by molar-refractivity contribution is -0.116. The zero-order valence-electron chi connectivity index (χ0n) is 13.5. The summed E-state index contributed by atoms with van der Waals surface area (Å²) in [4.78, 5) is 28.6. The Morgan fingerprint density at radius 1 is 1.24 bits per heavy atom. The molecule has 6 nitrogen and oxygen atoms in total. The number of anilines is 1. The van der Waals surface area contributed by atoms with Crippen LogP contribution in [0.4, 0.5) is 5.13 Å². The molecule has 0 aliphatic heterocycles. The van der Waals surface area contributed by atoms with Gasteiger partial charge in [0.05, 0.1) is 15.7 Å². The first kappa shape index (κ1) is 15.6. The highest BCUT2D eigenvalue weighted by Gasteiger charge is 2.12. The number of nitrogens with zero attached hydrogens (tertiary/aromatic N) is 2. The van der Waals surface area contributed by atoms with Crippen molar-refractivity contribution >= 4 is 43.7 Å². The largest absolute Gasteiger partial charge is 0.419 e. The van der Waals surface area contributed by atoms with Gasteiger partial charge in [-0.3, -0.25) is 9.36 Å². The van der Waals surface area contributed by atoms with Crippen molar-refractivity contribution in [3.8, 4) is 0 Å². The van der Waals surface area contributed by atoms with E-state index in [1.165, 1.54) is 15.9 Å². The second-order valence-corrected chi connectivity index (χ2v) is 6.76. The van der Waals surface area contributed by atoms with Crippen LogP contribution in [0.25, 0.3) is 21.3 Å². The molecule has 0 bridgehead atoms. The van der Waals surface area contributed by atoms with Crippen LogP contribution in [-0.4, -0.2) is 15.5 Å². The maximum absolute atomic E-state index is 12.2. The van der Waals surface area contributed by atoms with Crippen molar-refractivity contribution in [3.63, 3.8) is 0 Å². The molecule has 0 aliphatic carbocycles. The van der Waals surface area contributed by atoms with E-state index in [2.05, 4.69) is 10.3 Å². The normalized spacial score (nSPS) is 11.2. The topological polar surface area (TPSA) is 77.1 Å². The second-order valence-electron chi connectivity index (χ2n) is 5.73. The van der Waals surface area contributed by atoms with Crippen LogP contribution in [0.15, 0.2) is 51.7 Å². The van der Waals surface area contributed by atoms with Crippen LogP contribution in [-0.2, 0) is 11.3 Å². The summed E-state index contributed by atoms with van der Waals surface area (Å²) in [5, 5.41) is 3.38. The number of benzene rings is 2. The number of thiazole rings is 1. The van der Waals surface area contributed by atoms with Gasteiger partial charge in [-0.1, -0.05) is 35.6 Å². The van der Waals surface area contributed by atoms with Gasteiger partial charge < -0.3 is 9.73 Å². The van der Waals surface area contributed by atoms with Crippen LogP contribution in [0.5, 0.6) is 0 Å². The van der Waals surface area contributed by atoms with Gasteiger partial charge in [0, 0.05) is 13.0 Å². The standard InChI is InChI=1S/C18H15N3O3S/c1-11-5-4-8-14-16(11)20-17(25-14)19-15(22)9-10-21-12-6-2-3-7-13(12)24-18(21)23/h2-8H,9-10H2,1H3,(H,19,20,22). The van der Waals surface area contributed by atoms with Crippen molar-refractivity contribution in [1.29, 1.82) is 0 Å². The summed E-state index contributed by atoms with van der Waals surface area (Å²) in [6, 6.07) is 13.1. The first-order chi connectivity index (χ1) is 12.1. The number of para-hydroxylation sites is 3. The molecule has 25 heavy (non-hydrogen) atoms. The molecule has 1 N–H and O–H groups in total. The fourth-order valence-electron chi connectivity index (χ4n) is 2.76. The Bertz CT molecular complexity index is 1140. The number of aromatic nitrogens is 2. The fraction of sp³-hybridized carbons (Fsp3) is 0.167. The number of nitrogens with one attached hydrogen (secondary N) is 1. The van der Waals surface area contributed by atoms with E-state index < -0.39 is 5.76 Å². The summed E-state index contributed by atoms with van der Waals surface area (Å²) in [7, 11) is 0. The molecule has 4 rings (SSSR count). The average molecular weight is 353 g/mol. The molecule has 2 heterocycles. The highest BCUT2D eigenvalue weighted by Crippen LogP contribution is 2.27. The third kappa shape index (κ3) is 2.94. The zero-order valence-corrected chi connectivity index (χ0v) is 14.3. The molecule has 2 aromatic heterocycles. The Kier molecular flexibility index (Phi) is 3.85. The summed E-state index contributed by atoms with van der Waals surface area (Å²) < 4.78 is 7.67. The van der Waals surface area contributed by atoms with Gasteiger partial charge in [-0.25, -0.2) is 9.78 Å². The predicted molar refractivity (Wildman–Crippen MR) is 98.1 cm³/mol. The molecule has 0 atom stereocenters. The van der Waals surface area contributed by atoms with Gasteiger partial charge in [0.1, 0.15) is 0 Å². The van der Waals surface area contributed by atoms with Crippen LogP contribution in [0.1, 0.15) is 12.0 Å². The van der Waals surface area contributed by atoms with Crippen molar-refractivity contribution in [2.75, 3.05) is 5.32 Å². The Hall–Kier alpha value is -2.93. The van der Waals surface area contributed by atoms with E-state index >= 15 is 0 Å². The molecule has 0 unspecified atom stereocenters. The van der Waals surface area contributed by atoms with Crippen LogP contribution >= 0.6 is 11.3 Å². The smallest absolute Gasteiger partial charge is 0.408 e. The predicted octanol–water partition coefficient (Wildman–Crippen LogP) is 3.54. The molecular formula is C18H15N3O3S. The van der Waals surface area contributed by atoms with Gasteiger partial charge in [0.15, 0.2) is 10.7 Å². The quantitative estimate of drug-likeness (QED) is 0.609. The minimum atomic E-state index is -0.454. The third-order valence-electron chi connectivity index (χ3n) is 4.00. The first-order valence-corrected chi connectivity index (χ1v) is 8.68. The molecule has 0 fully saturated rings. The van der Waals surface area contributed by atoms with Gasteiger partial charge >= 0.3 is 5.76 Å². The lowest BCUT2D eigenvalue weighted by Crippen LogP contribution is -2.19. The Morgan fingerprint density at radius 3 is 2.92 bits per heavy atom. The number of aryl methyl sites for hydroxylation is 2. The first-order valence-electron chi connectivity index (χ1n) is 7.86. The van der Waals surface area contributed by atoms with Gasteiger partial charge in [0.25, 0.3) is 0 Å². The number of carbonyl (C=O) groups is 1. The highest BCUT2D eigenvalue weighted by molar-refractivity contribution is 7.22. The highest BCUT2D eigenvalue weighted by atomic mass is 32.1. The van der Waals surface area contributed by atoms with E-state index in [0.717, 1.165) is 15.8 Å². The van der Waals surface area contributed by atoms with Crippen molar-refractivity contribution in [2.45, 2.75) is 19.9 Å². The zero-order chi connectivity index (χ0) is 17.4. The summed E-state index contributed by atoms with van der Waals surface area (Å²) in [6.45, 7) is 2.25. The van der Waals surface area contributed by atoms with E-state index in [4.69, 9.17) is 4.42 Å². The molecule has 4 aromatic rings. The molecule has 2 aromatic carbocycles. The van der Waals surface area contributed by atoms with Gasteiger partial charge in [-0.15, -0.1) is 0 Å². The molecule has 7 heteroatoms. The lowest BCUT2D eigenvalue weighted by Gasteiger charge is -2.02. The summed E-state index contributed by atoms with van der Waals surface area (Å²) in [5.41, 5.74) is 3.19. The van der Waals surface area contributed by atoms with Crippen molar-refractivity contribution in [1.82, 2.24) is 9.55 Å². The molecule has 126 valence electrons. The number of amides is 1. The second kappa shape index (κ2) is 6.18. The molecule has 0 saturated carbocycles. The Labute approximate surface area is 146 Å². The van der Waals surface area contributed by atoms with E-state index in [-0.39, 0.29) is 18.9 Å². The maximum Gasteiger partial charge on any atom is 0.419 e. The Morgan fingerprint density at radius 2 is 2.08 bits per heavy atom. The third-order valence-corrected chi connectivity index (χ3v) is 4.94. The maximum atomic E-state index is 12.2. The Balaban J connectivity index is 1.49. The molecule has 0 spiro atoms. The van der Waals surface area contributed by atoms with E-state index in [0.29, 0.717) is 16.2 Å². The molecule has 1 amide bonds. The number of fused-ring (bicyclic) bond motifs is 2. The van der Waals surface area contributed by atoms with Crippen molar-refractivity contribution in [3.05, 3.63) is 58.6 Å². The summed E-state index contributed by atoms with van der Waals surface area (Å²) >= 11 is 1.44. The number of hydrogen-bond acceptors (Lipinski definition) is 5. The van der Waals surface area contributed by atoms with Crippen LogP contribution in [0.2, 0.25) is 0 Å². The van der Waals surface area contributed by atoms with Gasteiger partial charge in [-0.05, 0) is 30.7 Å². The average Bonchev–Trinajstić information content (AvgIpc) is 3.13. The van der Waals surface area contributed by atoms with Gasteiger partial charge in [0.2, 0.25) is 5.91 Å². The monoisotopic (exact) mass is 353 g/mol. The van der Waals surface area contributed by atoms with Crippen molar-refractivity contribution in [2.24, 2.45) is 0 Å². The van der Waals surface area contributed by atoms with Crippen molar-refractivity contribution < 1.29 is 9.21 Å². The molecule has 0 saturated heterocycles. The minimum Gasteiger partial charge on any atom is -0.408 e. The van der Waals surface area contributed by atoms with E-state index in [1.54, 1.807) is 18.2 Å². The molecular weight excluding hydrogens is 338 g/mol. The van der Waals surface area contributed by atoms with E-state index in [1.807, 2.05) is 31.2 Å².